The molecule has 1 aliphatic heterocycles. The molecule has 0 aliphatic carbocycles. The smallest absolute Gasteiger partial charge is 0.251 e. The predicted molar refractivity (Wildman–Crippen MR) is 190 cm³/mol. The summed E-state index contributed by atoms with van der Waals surface area (Å²) >= 11 is -1.26. The quantitative estimate of drug-likeness (QED) is 0.105. The summed E-state index contributed by atoms with van der Waals surface area (Å²) in [6, 6.07) is 25.3. The molecule has 2 heterocycles. The monoisotopic (exact) mass is 652 g/mol. The Morgan fingerprint density at radius 1 is 1.00 bits per heavy atom. The van der Waals surface area contributed by atoms with Crippen LogP contribution in [-0.2, 0) is 26.5 Å². The minimum absolute atomic E-state index is 0.138. The molecule has 1 unspecified atom stereocenters. The number of carbonyl (C=O) groups excluding carboxylic acids is 1. The van der Waals surface area contributed by atoms with E-state index in [1.807, 2.05) is 24.3 Å². The Balaban J connectivity index is 1.28. The van der Waals surface area contributed by atoms with E-state index in [0.717, 1.165) is 66.2 Å². The number of nitrogens with zero attached hydrogens (tertiary/aromatic N) is 3. The lowest BCUT2D eigenvalue weighted by Gasteiger charge is -2.27. The molecule has 3 aromatic carbocycles. The highest BCUT2D eigenvalue weighted by molar-refractivity contribution is 7.90. The number of benzene rings is 3. The van der Waals surface area contributed by atoms with Gasteiger partial charge in [-0.05, 0) is 113 Å². The normalized spacial score (nSPS) is 13.5. The molecule has 5 rings (SSSR count). The van der Waals surface area contributed by atoms with Gasteiger partial charge in [-0.1, -0.05) is 45.4 Å². The van der Waals surface area contributed by atoms with Crippen molar-refractivity contribution in [1.82, 2.24) is 10.2 Å². The fraction of sp³-hybridized carbons (Fsp3) is 0.342. The molecule has 246 valence electrons. The van der Waals surface area contributed by atoms with Crippen LogP contribution in [0.25, 0.3) is 17.2 Å². The van der Waals surface area contributed by atoms with E-state index in [9.17, 15) is 9.35 Å². The van der Waals surface area contributed by atoms with E-state index in [1.54, 1.807) is 36.5 Å². The van der Waals surface area contributed by atoms with Crippen molar-refractivity contribution in [1.29, 1.82) is 0 Å². The molecular formula is C38H44N4O4S. The summed E-state index contributed by atoms with van der Waals surface area (Å²) in [5, 5.41) is 10.9. The number of ether oxygens (including phenoxy) is 2. The number of rotatable bonds is 15. The van der Waals surface area contributed by atoms with E-state index in [-0.39, 0.29) is 11.7 Å². The van der Waals surface area contributed by atoms with Crippen molar-refractivity contribution in [2.75, 3.05) is 43.1 Å². The summed E-state index contributed by atoms with van der Waals surface area (Å²) in [6.45, 7) is 10.1. The SMILES string of the molecule is CCCCOCCOc1ccc(-c2ccc3c(c2)C=C(C(=O)Nc2ccc([S+]([O-])Cc4cccnn4)cc2)CCN3CC(C)C)cc1. The van der Waals surface area contributed by atoms with Gasteiger partial charge in [-0.25, -0.2) is 0 Å². The standard InChI is InChI=1S/C38H44N4O4S/c1-4-5-21-45-22-23-46-35-13-8-29(9-14-35)30-10-17-37-32(24-30)25-31(18-20-42(37)26-28(2)3)38(43)40-33-11-15-36(16-12-33)47(44)27-34-7-6-19-39-41-34/h6-17,19,24-25,28H,4-5,18,20-23,26-27H2,1-3H3,(H,40,43). The van der Waals surface area contributed by atoms with Crippen molar-refractivity contribution in [2.24, 2.45) is 5.92 Å². The van der Waals surface area contributed by atoms with E-state index >= 15 is 0 Å². The largest absolute Gasteiger partial charge is 0.611 e. The molecule has 0 spiro atoms. The summed E-state index contributed by atoms with van der Waals surface area (Å²) in [4.78, 5) is 16.6. The fourth-order valence-electron chi connectivity index (χ4n) is 5.42. The van der Waals surface area contributed by atoms with Gasteiger partial charge in [-0.15, -0.1) is 0 Å². The second-order valence-electron chi connectivity index (χ2n) is 12.1. The first-order chi connectivity index (χ1) is 22.9. The van der Waals surface area contributed by atoms with Gasteiger partial charge in [0, 0.05) is 42.8 Å². The van der Waals surface area contributed by atoms with Gasteiger partial charge in [-0.2, -0.15) is 10.2 Å². The molecular weight excluding hydrogens is 609 g/mol. The van der Waals surface area contributed by atoms with E-state index < -0.39 is 11.2 Å². The number of unbranched alkanes of at least 4 members (excludes halogenated alkanes) is 1. The number of hydrogen-bond donors (Lipinski definition) is 1. The zero-order valence-electron chi connectivity index (χ0n) is 27.5. The number of hydrogen-bond acceptors (Lipinski definition) is 7. The average molecular weight is 653 g/mol. The van der Waals surface area contributed by atoms with Gasteiger partial charge in [0.1, 0.15) is 18.1 Å². The molecule has 9 heteroatoms. The summed E-state index contributed by atoms with van der Waals surface area (Å²) in [5.74, 6) is 1.43. The lowest BCUT2D eigenvalue weighted by atomic mass is 10.00. The summed E-state index contributed by atoms with van der Waals surface area (Å²) < 4.78 is 24.3. The third-order valence-corrected chi connectivity index (χ3v) is 9.19. The second kappa shape index (κ2) is 17.1. The van der Waals surface area contributed by atoms with Crippen molar-refractivity contribution >= 4 is 34.5 Å². The minimum atomic E-state index is -1.26. The fourth-order valence-corrected chi connectivity index (χ4v) is 6.45. The van der Waals surface area contributed by atoms with Crippen LogP contribution in [0.1, 0.15) is 51.3 Å². The number of nitrogens with one attached hydrogen (secondary N) is 1. The van der Waals surface area contributed by atoms with Gasteiger partial charge in [-0.3, -0.25) is 4.79 Å². The van der Waals surface area contributed by atoms with Crippen LogP contribution in [-0.4, -0.2) is 53.6 Å². The third kappa shape index (κ3) is 9.91. The Kier molecular flexibility index (Phi) is 12.4. The molecule has 0 bridgehead atoms. The van der Waals surface area contributed by atoms with Gasteiger partial charge in [0.05, 0.1) is 6.61 Å². The van der Waals surface area contributed by atoms with Crippen molar-refractivity contribution in [3.63, 3.8) is 0 Å². The maximum Gasteiger partial charge on any atom is 0.251 e. The lowest BCUT2D eigenvalue weighted by molar-refractivity contribution is -0.112. The lowest BCUT2D eigenvalue weighted by Crippen LogP contribution is -2.29. The van der Waals surface area contributed by atoms with Crippen LogP contribution in [0.2, 0.25) is 0 Å². The maximum atomic E-state index is 13.6. The van der Waals surface area contributed by atoms with Gasteiger partial charge in [0.25, 0.3) is 5.91 Å². The minimum Gasteiger partial charge on any atom is -0.611 e. The first-order valence-electron chi connectivity index (χ1n) is 16.4. The number of anilines is 2. The van der Waals surface area contributed by atoms with Gasteiger partial charge < -0.3 is 24.2 Å². The number of fused-ring (bicyclic) bond motifs is 1. The Hall–Kier alpha value is -4.18. The van der Waals surface area contributed by atoms with Crippen LogP contribution in [0.3, 0.4) is 0 Å². The number of amides is 1. The number of aromatic nitrogens is 2. The molecule has 0 fully saturated rings. The molecule has 8 nitrogen and oxygen atoms in total. The first kappa shape index (κ1) is 34.2. The van der Waals surface area contributed by atoms with Crippen molar-refractivity contribution < 1.29 is 18.8 Å². The van der Waals surface area contributed by atoms with Crippen LogP contribution in [0.5, 0.6) is 5.75 Å². The molecule has 1 aromatic heterocycles. The van der Waals surface area contributed by atoms with Crippen LogP contribution < -0.4 is 15.0 Å². The number of carbonyl (C=O) groups is 1. The maximum absolute atomic E-state index is 13.6. The topological polar surface area (TPSA) is 99.6 Å². The Labute approximate surface area is 281 Å². The zero-order chi connectivity index (χ0) is 33.0. The highest BCUT2D eigenvalue weighted by atomic mass is 32.2. The van der Waals surface area contributed by atoms with Crippen molar-refractivity contribution in [3.8, 4) is 16.9 Å². The highest BCUT2D eigenvalue weighted by Gasteiger charge is 2.21. The van der Waals surface area contributed by atoms with E-state index in [1.165, 1.54) is 0 Å². The molecule has 4 aromatic rings. The van der Waals surface area contributed by atoms with Crippen LogP contribution >= 0.6 is 0 Å². The Bertz CT molecular complexity index is 1610. The molecule has 1 atom stereocenters. The molecule has 0 saturated heterocycles. The second-order valence-corrected chi connectivity index (χ2v) is 13.5. The van der Waals surface area contributed by atoms with E-state index in [2.05, 4.69) is 71.5 Å². The van der Waals surface area contributed by atoms with Gasteiger partial charge in [0.15, 0.2) is 10.6 Å². The first-order valence-corrected chi connectivity index (χ1v) is 17.7. The zero-order valence-corrected chi connectivity index (χ0v) is 28.3. The van der Waals surface area contributed by atoms with Crippen LogP contribution in [0.15, 0.2) is 95.5 Å². The molecule has 0 saturated carbocycles. The molecule has 1 N–H and O–H groups in total. The molecule has 1 aliphatic rings. The average Bonchev–Trinajstić information content (AvgIpc) is 3.26. The van der Waals surface area contributed by atoms with Crippen LogP contribution in [0.4, 0.5) is 11.4 Å². The summed E-state index contributed by atoms with van der Waals surface area (Å²) in [6.07, 6.45) is 6.43. The third-order valence-electron chi connectivity index (χ3n) is 7.83. The van der Waals surface area contributed by atoms with Gasteiger partial charge >= 0.3 is 0 Å². The van der Waals surface area contributed by atoms with E-state index in [0.29, 0.717) is 41.8 Å². The van der Waals surface area contributed by atoms with Crippen LogP contribution in [0, 0.1) is 5.92 Å². The molecule has 1 amide bonds. The Morgan fingerprint density at radius 3 is 2.51 bits per heavy atom. The molecule has 47 heavy (non-hydrogen) atoms. The summed E-state index contributed by atoms with van der Waals surface area (Å²) in [5.41, 5.74) is 6.34. The highest BCUT2D eigenvalue weighted by Crippen LogP contribution is 2.34. The molecule has 0 radical (unpaired) electrons. The van der Waals surface area contributed by atoms with Crippen molar-refractivity contribution in [2.45, 2.75) is 50.7 Å². The van der Waals surface area contributed by atoms with Crippen molar-refractivity contribution in [3.05, 3.63) is 102 Å². The summed E-state index contributed by atoms with van der Waals surface area (Å²) in [7, 11) is 0. The van der Waals surface area contributed by atoms with Gasteiger partial charge in [0.2, 0.25) is 0 Å². The van der Waals surface area contributed by atoms with E-state index in [4.69, 9.17) is 9.47 Å². The predicted octanol–water partition coefficient (Wildman–Crippen LogP) is 7.54. The Morgan fingerprint density at radius 2 is 1.79 bits per heavy atom.